The van der Waals surface area contributed by atoms with Crippen molar-refractivity contribution >= 4 is 15.9 Å². The quantitative estimate of drug-likeness (QED) is 0.763. The number of benzene rings is 2. The van der Waals surface area contributed by atoms with E-state index >= 15 is 0 Å². The van der Waals surface area contributed by atoms with Crippen LogP contribution >= 0.6 is 0 Å². The molecular weight excluding hydrogens is 356 g/mol. The van der Waals surface area contributed by atoms with E-state index in [0.717, 1.165) is 17.4 Å². The van der Waals surface area contributed by atoms with Gasteiger partial charge in [0.2, 0.25) is 16.8 Å². The van der Waals surface area contributed by atoms with Crippen LogP contribution in [0.15, 0.2) is 42.5 Å². The van der Waals surface area contributed by atoms with Gasteiger partial charge in [-0.15, -0.1) is 0 Å². The Bertz CT molecular complexity index is 894. The topological polar surface area (TPSA) is 93.7 Å². The number of amides is 1. The second-order valence-electron chi connectivity index (χ2n) is 5.98. The monoisotopic (exact) mass is 376 g/mol. The molecule has 1 aliphatic heterocycles. The standard InChI is InChI=1S/C18H20N2O5S/c1-26(22,23)20-9-8-13-2-5-15(6-3-13)18(21)19-11-14-4-7-16-17(10-14)25-12-24-16/h2-7,10,20H,8-9,11-12H2,1H3,(H,19,21). The van der Waals surface area contributed by atoms with E-state index in [9.17, 15) is 13.2 Å². The highest BCUT2D eigenvalue weighted by Crippen LogP contribution is 2.32. The van der Waals surface area contributed by atoms with Crippen LogP contribution in [0.3, 0.4) is 0 Å². The van der Waals surface area contributed by atoms with Crippen LogP contribution in [0.4, 0.5) is 0 Å². The van der Waals surface area contributed by atoms with Crippen LogP contribution in [0, 0.1) is 0 Å². The fourth-order valence-corrected chi connectivity index (χ4v) is 3.01. The van der Waals surface area contributed by atoms with Gasteiger partial charge in [0.1, 0.15) is 0 Å². The van der Waals surface area contributed by atoms with E-state index in [1.54, 1.807) is 12.1 Å². The molecule has 26 heavy (non-hydrogen) atoms. The number of carbonyl (C=O) groups is 1. The first-order chi connectivity index (χ1) is 12.4. The smallest absolute Gasteiger partial charge is 0.251 e. The molecule has 8 heteroatoms. The van der Waals surface area contributed by atoms with Crippen molar-refractivity contribution in [1.29, 1.82) is 0 Å². The van der Waals surface area contributed by atoms with Crippen molar-refractivity contribution in [2.75, 3.05) is 19.6 Å². The predicted molar refractivity (Wildman–Crippen MR) is 96.7 cm³/mol. The van der Waals surface area contributed by atoms with Crippen molar-refractivity contribution in [3.05, 3.63) is 59.2 Å². The van der Waals surface area contributed by atoms with E-state index in [1.807, 2.05) is 30.3 Å². The van der Waals surface area contributed by atoms with Crippen LogP contribution in [0.5, 0.6) is 11.5 Å². The summed E-state index contributed by atoms with van der Waals surface area (Å²) in [5, 5.41) is 2.86. The van der Waals surface area contributed by atoms with Gasteiger partial charge in [0.05, 0.1) is 6.26 Å². The van der Waals surface area contributed by atoms with Gasteiger partial charge in [-0.3, -0.25) is 4.79 Å². The van der Waals surface area contributed by atoms with Crippen molar-refractivity contribution in [2.24, 2.45) is 0 Å². The predicted octanol–water partition coefficient (Wildman–Crippen LogP) is 1.44. The number of hydrogen-bond donors (Lipinski definition) is 2. The molecule has 1 heterocycles. The van der Waals surface area contributed by atoms with Gasteiger partial charge in [0.25, 0.3) is 5.91 Å². The molecule has 2 aromatic rings. The minimum atomic E-state index is -3.18. The fraction of sp³-hybridized carbons (Fsp3) is 0.278. The normalized spacial score (nSPS) is 12.8. The van der Waals surface area contributed by atoms with Crippen molar-refractivity contribution in [1.82, 2.24) is 10.0 Å². The van der Waals surface area contributed by atoms with E-state index in [2.05, 4.69) is 10.0 Å². The van der Waals surface area contributed by atoms with Crippen molar-refractivity contribution in [3.63, 3.8) is 0 Å². The summed E-state index contributed by atoms with van der Waals surface area (Å²) >= 11 is 0. The Balaban J connectivity index is 1.51. The summed E-state index contributed by atoms with van der Waals surface area (Å²) in [7, 11) is -3.18. The van der Waals surface area contributed by atoms with Gasteiger partial charge < -0.3 is 14.8 Å². The molecule has 1 aliphatic rings. The van der Waals surface area contributed by atoms with Crippen molar-refractivity contribution in [3.8, 4) is 11.5 Å². The van der Waals surface area contributed by atoms with Gasteiger partial charge >= 0.3 is 0 Å². The molecule has 0 aliphatic carbocycles. The highest BCUT2D eigenvalue weighted by atomic mass is 32.2. The first-order valence-corrected chi connectivity index (χ1v) is 10.0. The molecule has 0 unspecified atom stereocenters. The lowest BCUT2D eigenvalue weighted by atomic mass is 10.1. The Morgan fingerprint density at radius 3 is 2.46 bits per heavy atom. The van der Waals surface area contributed by atoms with Crippen LogP contribution in [0.25, 0.3) is 0 Å². The summed E-state index contributed by atoms with van der Waals surface area (Å²) in [5.74, 6) is 1.22. The van der Waals surface area contributed by atoms with Gasteiger partial charge in [-0.1, -0.05) is 18.2 Å². The van der Waals surface area contributed by atoms with Crippen molar-refractivity contribution in [2.45, 2.75) is 13.0 Å². The number of nitrogens with one attached hydrogen (secondary N) is 2. The van der Waals surface area contributed by atoms with Gasteiger partial charge in [0, 0.05) is 18.7 Å². The van der Waals surface area contributed by atoms with Crippen LogP contribution in [0.2, 0.25) is 0 Å². The molecule has 0 saturated carbocycles. The zero-order valence-electron chi connectivity index (χ0n) is 14.3. The molecular formula is C18H20N2O5S. The third kappa shape index (κ3) is 4.96. The third-order valence-corrected chi connectivity index (χ3v) is 4.61. The Kier molecular flexibility index (Phi) is 5.43. The molecule has 2 N–H and O–H groups in total. The second kappa shape index (κ2) is 7.76. The van der Waals surface area contributed by atoms with E-state index < -0.39 is 10.0 Å². The molecule has 7 nitrogen and oxygen atoms in total. The molecule has 0 saturated heterocycles. The Morgan fingerprint density at radius 2 is 1.73 bits per heavy atom. The molecule has 0 atom stereocenters. The Morgan fingerprint density at radius 1 is 1.04 bits per heavy atom. The van der Waals surface area contributed by atoms with E-state index in [4.69, 9.17) is 9.47 Å². The summed E-state index contributed by atoms with van der Waals surface area (Å²) in [6, 6.07) is 12.6. The molecule has 138 valence electrons. The Labute approximate surface area is 152 Å². The first kappa shape index (κ1) is 18.2. The van der Waals surface area contributed by atoms with E-state index in [1.165, 1.54) is 0 Å². The molecule has 0 fully saturated rings. The maximum atomic E-state index is 12.2. The SMILES string of the molecule is CS(=O)(=O)NCCc1ccc(C(=O)NCc2ccc3c(c2)OCO3)cc1. The summed E-state index contributed by atoms with van der Waals surface area (Å²) in [4.78, 5) is 12.2. The molecule has 0 aromatic heterocycles. The highest BCUT2D eigenvalue weighted by Gasteiger charge is 2.13. The van der Waals surface area contributed by atoms with Crippen molar-refractivity contribution < 1.29 is 22.7 Å². The molecule has 3 rings (SSSR count). The van der Waals surface area contributed by atoms with Gasteiger partial charge in [-0.25, -0.2) is 13.1 Å². The lowest BCUT2D eigenvalue weighted by Crippen LogP contribution is -2.24. The minimum absolute atomic E-state index is 0.177. The summed E-state index contributed by atoms with van der Waals surface area (Å²) < 4.78 is 35.1. The largest absolute Gasteiger partial charge is 0.454 e. The number of hydrogen-bond acceptors (Lipinski definition) is 5. The first-order valence-electron chi connectivity index (χ1n) is 8.11. The number of ether oxygens (including phenoxy) is 2. The average molecular weight is 376 g/mol. The summed E-state index contributed by atoms with van der Waals surface area (Å²) in [5.41, 5.74) is 2.42. The van der Waals surface area contributed by atoms with E-state index in [-0.39, 0.29) is 12.7 Å². The Hall–Kier alpha value is -2.58. The molecule has 0 spiro atoms. The summed E-state index contributed by atoms with van der Waals surface area (Å²) in [6.45, 7) is 0.932. The van der Waals surface area contributed by atoms with Gasteiger partial charge in [-0.05, 0) is 41.8 Å². The lowest BCUT2D eigenvalue weighted by molar-refractivity contribution is 0.0951. The number of fused-ring (bicyclic) bond motifs is 1. The maximum absolute atomic E-state index is 12.2. The lowest BCUT2D eigenvalue weighted by Gasteiger charge is -2.07. The number of carbonyl (C=O) groups excluding carboxylic acids is 1. The zero-order valence-corrected chi connectivity index (χ0v) is 15.1. The number of sulfonamides is 1. The third-order valence-electron chi connectivity index (χ3n) is 3.88. The van der Waals surface area contributed by atoms with Crippen LogP contribution in [0.1, 0.15) is 21.5 Å². The molecule has 1 amide bonds. The molecule has 0 bridgehead atoms. The van der Waals surface area contributed by atoms with E-state index in [0.29, 0.717) is 36.6 Å². The van der Waals surface area contributed by atoms with Crippen LogP contribution < -0.4 is 19.5 Å². The highest BCUT2D eigenvalue weighted by molar-refractivity contribution is 7.88. The zero-order chi connectivity index (χ0) is 18.6. The minimum Gasteiger partial charge on any atom is -0.454 e. The second-order valence-corrected chi connectivity index (χ2v) is 7.82. The van der Waals surface area contributed by atoms with Gasteiger partial charge in [0.15, 0.2) is 11.5 Å². The molecule has 0 radical (unpaired) electrons. The number of rotatable bonds is 7. The average Bonchev–Trinajstić information content (AvgIpc) is 3.07. The molecule has 2 aromatic carbocycles. The van der Waals surface area contributed by atoms with Crippen LogP contribution in [-0.4, -0.2) is 33.9 Å². The van der Waals surface area contributed by atoms with Gasteiger partial charge in [-0.2, -0.15) is 0 Å². The summed E-state index contributed by atoms with van der Waals surface area (Å²) in [6.07, 6.45) is 1.69. The van der Waals surface area contributed by atoms with Crippen LogP contribution in [-0.2, 0) is 23.0 Å². The fourth-order valence-electron chi connectivity index (χ4n) is 2.54. The maximum Gasteiger partial charge on any atom is 0.251 e.